The van der Waals surface area contributed by atoms with E-state index in [1.165, 1.54) is 6.26 Å². The molecule has 2 N–H and O–H groups in total. The number of furan rings is 1. The molecule has 0 spiro atoms. The number of benzene rings is 1. The molecule has 1 fully saturated rings. The van der Waals surface area contributed by atoms with E-state index in [4.69, 9.17) is 4.42 Å². The molecular formula is C18H20N2O4. The maximum atomic E-state index is 12.3. The van der Waals surface area contributed by atoms with Crippen molar-refractivity contribution in [3.63, 3.8) is 0 Å². The third-order valence-electron chi connectivity index (χ3n) is 4.25. The summed E-state index contributed by atoms with van der Waals surface area (Å²) in [7, 11) is 0. The van der Waals surface area contributed by atoms with Crippen molar-refractivity contribution in [1.82, 2.24) is 10.2 Å². The summed E-state index contributed by atoms with van der Waals surface area (Å²) in [5.74, 6) is -0.0933. The van der Waals surface area contributed by atoms with Gasteiger partial charge in [0.2, 0.25) is 0 Å². The minimum Gasteiger partial charge on any atom is -0.507 e. The summed E-state index contributed by atoms with van der Waals surface area (Å²) in [6.07, 6.45) is 2.82. The number of carbonyl (C=O) groups is 2. The number of aryl methyl sites for hydroxylation is 1. The molecule has 2 amide bonds. The van der Waals surface area contributed by atoms with Crippen molar-refractivity contribution in [2.75, 3.05) is 13.1 Å². The van der Waals surface area contributed by atoms with Gasteiger partial charge >= 0.3 is 0 Å². The Morgan fingerprint density at radius 1 is 1.25 bits per heavy atom. The molecule has 1 saturated heterocycles. The van der Waals surface area contributed by atoms with Gasteiger partial charge in [-0.3, -0.25) is 9.59 Å². The second-order valence-corrected chi connectivity index (χ2v) is 6.04. The lowest BCUT2D eigenvalue weighted by Gasteiger charge is -2.31. The first kappa shape index (κ1) is 16.1. The fraction of sp³-hybridized carbons (Fsp3) is 0.333. The Morgan fingerprint density at radius 2 is 2.00 bits per heavy atom. The molecule has 2 heterocycles. The van der Waals surface area contributed by atoms with Gasteiger partial charge in [-0.1, -0.05) is 6.07 Å². The molecular weight excluding hydrogens is 308 g/mol. The lowest BCUT2D eigenvalue weighted by atomic mass is 10.0. The van der Waals surface area contributed by atoms with E-state index < -0.39 is 0 Å². The number of phenolic OH excluding ortho intramolecular Hbond substituents is 1. The maximum Gasteiger partial charge on any atom is 0.289 e. The molecule has 6 nitrogen and oxygen atoms in total. The van der Waals surface area contributed by atoms with Gasteiger partial charge in [0.05, 0.1) is 11.8 Å². The Hall–Kier alpha value is -2.76. The third kappa shape index (κ3) is 3.42. The number of likely N-dealkylation sites (tertiary alicyclic amines) is 1. The summed E-state index contributed by atoms with van der Waals surface area (Å²) in [5, 5.41) is 12.8. The lowest BCUT2D eigenvalue weighted by Crippen LogP contribution is -2.46. The van der Waals surface area contributed by atoms with E-state index in [9.17, 15) is 14.7 Å². The Kier molecular flexibility index (Phi) is 4.55. The lowest BCUT2D eigenvalue weighted by molar-refractivity contribution is 0.0667. The van der Waals surface area contributed by atoms with Crippen LogP contribution in [-0.4, -0.2) is 41.0 Å². The fourth-order valence-corrected chi connectivity index (χ4v) is 2.88. The number of hydrogen-bond donors (Lipinski definition) is 2. The average Bonchev–Trinajstić information content (AvgIpc) is 3.09. The zero-order valence-corrected chi connectivity index (χ0v) is 13.5. The predicted molar refractivity (Wildman–Crippen MR) is 87.9 cm³/mol. The summed E-state index contributed by atoms with van der Waals surface area (Å²) in [5.41, 5.74) is 1.17. The van der Waals surface area contributed by atoms with E-state index in [1.54, 1.807) is 35.2 Å². The highest BCUT2D eigenvalue weighted by atomic mass is 16.3. The summed E-state index contributed by atoms with van der Waals surface area (Å²) < 4.78 is 5.13. The average molecular weight is 328 g/mol. The molecule has 1 aliphatic heterocycles. The molecule has 2 aromatic rings. The van der Waals surface area contributed by atoms with Gasteiger partial charge in [-0.25, -0.2) is 0 Å². The second-order valence-electron chi connectivity index (χ2n) is 6.04. The van der Waals surface area contributed by atoms with Crippen LogP contribution in [0.1, 0.15) is 39.3 Å². The number of amides is 2. The quantitative estimate of drug-likeness (QED) is 0.906. The van der Waals surface area contributed by atoms with Gasteiger partial charge < -0.3 is 19.7 Å². The SMILES string of the molecule is Cc1ccc(C(=O)NC2CCN(C(=O)c3ccco3)CC2)c(O)c1. The molecule has 6 heteroatoms. The smallest absolute Gasteiger partial charge is 0.289 e. The number of carbonyl (C=O) groups excluding carboxylic acids is 2. The van der Waals surface area contributed by atoms with Gasteiger partial charge in [-0.15, -0.1) is 0 Å². The molecule has 0 saturated carbocycles. The number of phenols is 1. The normalized spacial score (nSPS) is 15.3. The number of nitrogens with one attached hydrogen (secondary N) is 1. The standard InChI is InChI=1S/C18H20N2O4/c1-12-4-5-14(15(21)11-12)17(22)19-13-6-8-20(9-7-13)18(23)16-3-2-10-24-16/h2-5,10-11,13,21H,6-9H2,1H3,(H,19,22). The minimum atomic E-state index is -0.289. The van der Waals surface area contributed by atoms with E-state index in [0.29, 0.717) is 31.7 Å². The Labute approximate surface area is 140 Å². The van der Waals surface area contributed by atoms with E-state index in [1.807, 2.05) is 6.92 Å². The Balaban J connectivity index is 1.55. The van der Waals surface area contributed by atoms with Crippen LogP contribution in [0.2, 0.25) is 0 Å². The zero-order valence-electron chi connectivity index (χ0n) is 13.5. The first-order chi connectivity index (χ1) is 11.5. The van der Waals surface area contributed by atoms with E-state index in [2.05, 4.69) is 5.32 Å². The molecule has 0 bridgehead atoms. The van der Waals surface area contributed by atoms with Gasteiger partial charge in [0.1, 0.15) is 5.75 Å². The van der Waals surface area contributed by atoms with Crippen LogP contribution in [0.4, 0.5) is 0 Å². The van der Waals surface area contributed by atoms with Gasteiger partial charge in [0, 0.05) is 19.1 Å². The van der Waals surface area contributed by atoms with E-state index in [-0.39, 0.29) is 29.2 Å². The second kappa shape index (κ2) is 6.78. The highest BCUT2D eigenvalue weighted by molar-refractivity contribution is 5.97. The molecule has 0 aliphatic carbocycles. The van der Waals surface area contributed by atoms with Crippen LogP contribution in [0.15, 0.2) is 41.0 Å². The van der Waals surface area contributed by atoms with Crippen LogP contribution < -0.4 is 5.32 Å². The fourth-order valence-electron chi connectivity index (χ4n) is 2.88. The number of piperidine rings is 1. The van der Waals surface area contributed by atoms with Gasteiger partial charge in [0.15, 0.2) is 5.76 Å². The van der Waals surface area contributed by atoms with Crippen molar-refractivity contribution in [3.8, 4) is 5.75 Å². The molecule has 1 aliphatic rings. The van der Waals surface area contributed by atoms with Crippen molar-refractivity contribution in [2.24, 2.45) is 0 Å². The maximum absolute atomic E-state index is 12.3. The van der Waals surface area contributed by atoms with Crippen molar-refractivity contribution in [3.05, 3.63) is 53.5 Å². The van der Waals surface area contributed by atoms with E-state index in [0.717, 1.165) is 5.56 Å². The topological polar surface area (TPSA) is 82.8 Å². The highest BCUT2D eigenvalue weighted by Crippen LogP contribution is 2.20. The van der Waals surface area contributed by atoms with Crippen molar-refractivity contribution >= 4 is 11.8 Å². The third-order valence-corrected chi connectivity index (χ3v) is 4.25. The van der Waals surface area contributed by atoms with E-state index >= 15 is 0 Å². The predicted octanol–water partition coefficient (Wildman–Crippen LogP) is 2.33. The van der Waals surface area contributed by atoms with Gasteiger partial charge in [0.25, 0.3) is 11.8 Å². The minimum absolute atomic E-state index is 0.0149. The highest BCUT2D eigenvalue weighted by Gasteiger charge is 2.26. The first-order valence-corrected chi connectivity index (χ1v) is 7.98. The van der Waals surface area contributed by atoms with Crippen LogP contribution >= 0.6 is 0 Å². The van der Waals surface area contributed by atoms with Crippen molar-refractivity contribution in [2.45, 2.75) is 25.8 Å². The van der Waals surface area contributed by atoms with Crippen LogP contribution in [0, 0.1) is 6.92 Å². The Morgan fingerprint density at radius 3 is 2.62 bits per heavy atom. The van der Waals surface area contributed by atoms with Crippen LogP contribution in [0.25, 0.3) is 0 Å². The molecule has 0 unspecified atom stereocenters. The van der Waals surface area contributed by atoms with Crippen molar-refractivity contribution < 1.29 is 19.1 Å². The largest absolute Gasteiger partial charge is 0.507 e. The number of rotatable bonds is 3. The molecule has 3 rings (SSSR count). The number of nitrogens with zero attached hydrogens (tertiary/aromatic N) is 1. The number of aromatic hydroxyl groups is 1. The molecule has 1 aromatic heterocycles. The molecule has 126 valence electrons. The molecule has 24 heavy (non-hydrogen) atoms. The van der Waals surface area contributed by atoms with Gasteiger partial charge in [-0.05, 0) is 49.6 Å². The first-order valence-electron chi connectivity index (χ1n) is 7.98. The van der Waals surface area contributed by atoms with Crippen LogP contribution in [0.5, 0.6) is 5.75 Å². The van der Waals surface area contributed by atoms with Crippen molar-refractivity contribution in [1.29, 1.82) is 0 Å². The Bertz CT molecular complexity index is 731. The van der Waals surface area contributed by atoms with Gasteiger partial charge in [-0.2, -0.15) is 0 Å². The van der Waals surface area contributed by atoms with Crippen LogP contribution in [0.3, 0.4) is 0 Å². The monoisotopic (exact) mass is 328 g/mol. The summed E-state index contributed by atoms with van der Waals surface area (Å²) in [6, 6.07) is 8.30. The summed E-state index contributed by atoms with van der Waals surface area (Å²) in [4.78, 5) is 26.2. The zero-order chi connectivity index (χ0) is 17.1. The summed E-state index contributed by atoms with van der Waals surface area (Å²) in [6.45, 7) is 2.97. The molecule has 1 aromatic carbocycles. The molecule has 0 atom stereocenters. The number of hydrogen-bond acceptors (Lipinski definition) is 4. The molecule has 0 radical (unpaired) electrons. The summed E-state index contributed by atoms with van der Waals surface area (Å²) >= 11 is 0. The van der Waals surface area contributed by atoms with Crippen LogP contribution in [-0.2, 0) is 0 Å².